The number of carbonyl (C=O) groups is 2. The number of methoxy groups -OCH3 is 1. The predicted molar refractivity (Wildman–Crippen MR) is 93.9 cm³/mol. The summed E-state index contributed by atoms with van der Waals surface area (Å²) in [6.07, 6.45) is 0.415. The topological polar surface area (TPSA) is 84.9 Å². The van der Waals surface area contributed by atoms with Gasteiger partial charge in [-0.05, 0) is 49.9 Å². The highest BCUT2D eigenvalue weighted by molar-refractivity contribution is 5.90. The number of alkyl halides is 2. The highest BCUT2D eigenvalue weighted by Crippen LogP contribution is 2.44. The zero-order valence-corrected chi connectivity index (χ0v) is 16.2. The first-order chi connectivity index (χ1) is 13.1. The van der Waals surface area contributed by atoms with Crippen molar-refractivity contribution < 1.29 is 37.7 Å². The molecule has 1 aromatic rings. The van der Waals surface area contributed by atoms with E-state index in [0.29, 0.717) is 25.0 Å². The third-order valence-corrected chi connectivity index (χ3v) is 4.90. The first kappa shape index (κ1) is 22.1. The molecule has 0 aliphatic heterocycles. The van der Waals surface area contributed by atoms with E-state index in [1.807, 2.05) is 13.8 Å². The van der Waals surface area contributed by atoms with E-state index < -0.39 is 29.8 Å². The highest BCUT2D eigenvalue weighted by Gasteiger charge is 2.58. The largest absolute Gasteiger partial charge is 0.544 e. The monoisotopic (exact) mass is 399 g/mol. The molecule has 0 bridgehead atoms. The molecule has 0 amide bonds. The van der Waals surface area contributed by atoms with Gasteiger partial charge in [0.25, 0.3) is 0 Å². The molecule has 0 spiro atoms. The number of rotatable bonds is 8. The molecular formula is C20H25F2O6-. The molecule has 28 heavy (non-hydrogen) atoms. The molecule has 1 aliphatic carbocycles. The molecule has 1 aromatic carbocycles. The Hall–Kier alpha value is -2.22. The molecule has 0 saturated heterocycles. The van der Waals surface area contributed by atoms with Crippen molar-refractivity contribution in [2.45, 2.75) is 63.8 Å². The number of halogens is 2. The van der Waals surface area contributed by atoms with Crippen molar-refractivity contribution in [1.82, 2.24) is 0 Å². The summed E-state index contributed by atoms with van der Waals surface area (Å²) < 4.78 is 44.6. The Morgan fingerprint density at radius 2 is 1.68 bits per heavy atom. The Morgan fingerprint density at radius 3 is 2.14 bits per heavy atom. The number of benzene rings is 1. The van der Waals surface area contributed by atoms with Gasteiger partial charge in [-0.15, -0.1) is 0 Å². The lowest BCUT2D eigenvalue weighted by Gasteiger charge is -2.42. The number of ether oxygens (including phenoxy) is 3. The molecular weight excluding hydrogens is 374 g/mol. The zero-order valence-electron chi connectivity index (χ0n) is 16.2. The predicted octanol–water partition coefficient (Wildman–Crippen LogP) is 2.94. The summed E-state index contributed by atoms with van der Waals surface area (Å²) >= 11 is 0. The standard InChI is InChI=1S/C20H26F2O6/c1-13(2)17(26-3)27-15-9-7-14(8-10-15)16(23)28-19(11-5-4-6-12-19)20(21,22)18(24)25/h7-10,13,17H,4-6,11-12H2,1-3H3,(H,24,25)/p-1. The number of carboxylic acid groups (broad SMARTS) is 1. The van der Waals surface area contributed by atoms with Crippen LogP contribution in [0.5, 0.6) is 5.75 Å². The van der Waals surface area contributed by atoms with Crippen molar-refractivity contribution in [3.63, 3.8) is 0 Å². The minimum absolute atomic E-state index is 0.0185. The Kier molecular flexibility index (Phi) is 6.98. The van der Waals surface area contributed by atoms with Crippen LogP contribution < -0.4 is 9.84 Å². The number of carbonyl (C=O) groups excluding carboxylic acids is 2. The molecule has 0 N–H and O–H groups in total. The van der Waals surface area contributed by atoms with Crippen molar-refractivity contribution in [2.24, 2.45) is 5.92 Å². The number of hydrogen-bond donors (Lipinski definition) is 0. The van der Waals surface area contributed by atoms with E-state index in [9.17, 15) is 23.5 Å². The second-order valence-corrected chi connectivity index (χ2v) is 7.30. The number of esters is 1. The minimum Gasteiger partial charge on any atom is -0.544 e. The van der Waals surface area contributed by atoms with Crippen LogP contribution in [0.3, 0.4) is 0 Å². The van der Waals surface area contributed by atoms with Gasteiger partial charge in [-0.1, -0.05) is 20.3 Å². The van der Waals surface area contributed by atoms with Crippen LogP contribution in [0.1, 0.15) is 56.3 Å². The van der Waals surface area contributed by atoms with Gasteiger partial charge in [-0.2, -0.15) is 8.78 Å². The van der Waals surface area contributed by atoms with E-state index >= 15 is 0 Å². The summed E-state index contributed by atoms with van der Waals surface area (Å²) in [5.74, 6) is -7.29. The Morgan fingerprint density at radius 1 is 1.11 bits per heavy atom. The molecule has 0 aromatic heterocycles. The van der Waals surface area contributed by atoms with E-state index in [4.69, 9.17) is 14.2 Å². The maximum atomic E-state index is 14.3. The van der Waals surface area contributed by atoms with Crippen LogP contribution in [0.15, 0.2) is 24.3 Å². The molecule has 156 valence electrons. The van der Waals surface area contributed by atoms with Gasteiger partial charge >= 0.3 is 11.9 Å². The second-order valence-electron chi connectivity index (χ2n) is 7.30. The molecule has 0 radical (unpaired) electrons. The molecule has 1 unspecified atom stereocenters. The Labute approximate surface area is 162 Å². The van der Waals surface area contributed by atoms with Crippen molar-refractivity contribution >= 4 is 11.9 Å². The normalized spacial score (nSPS) is 17.8. The average Bonchev–Trinajstić information content (AvgIpc) is 2.66. The molecule has 1 saturated carbocycles. The SMILES string of the molecule is COC(Oc1ccc(C(=O)OC2(C(F)(F)C(=O)[O-])CCCCC2)cc1)C(C)C. The van der Waals surface area contributed by atoms with Gasteiger partial charge in [0.2, 0.25) is 6.29 Å². The van der Waals surface area contributed by atoms with Crippen LogP contribution in [0.4, 0.5) is 8.78 Å². The molecule has 1 fully saturated rings. The quantitative estimate of drug-likeness (QED) is 0.494. The fourth-order valence-electron chi connectivity index (χ4n) is 3.29. The Bertz CT molecular complexity index is 680. The second kappa shape index (κ2) is 8.86. The third-order valence-electron chi connectivity index (χ3n) is 4.90. The highest BCUT2D eigenvalue weighted by atomic mass is 19.3. The van der Waals surface area contributed by atoms with Gasteiger partial charge < -0.3 is 24.1 Å². The van der Waals surface area contributed by atoms with Gasteiger partial charge in [-0.3, -0.25) is 0 Å². The Balaban J connectivity index is 2.17. The molecule has 0 heterocycles. The van der Waals surface area contributed by atoms with Crippen LogP contribution >= 0.6 is 0 Å². The summed E-state index contributed by atoms with van der Waals surface area (Å²) in [6.45, 7) is 3.84. The van der Waals surface area contributed by atoms with Crippen LogP contribution in [-0.4, -0.2) is 36.9 Å². The third kappa shape index (κ3) is 4.60. The van der Waals surface area contributed by atoms with Gasteiger partial charge in [0, 0.05) is 13.0 Å². The van der Waals surface area contributed by atoms with E-state index in [1.54, 1.807) is 0 Å². The lowest BCUT2D eigenvalue weighted by molar-refractivity contribution is -0.345. The van der Waals surface area contributed by atoms with Crippen molar-refractivity contribution in [3.05, 3.63) is 29.8 Å². The lowest BCUT2D eigenvalue weighted by Crippen LogP contribution is -2.61. The molecule has 6 nitrogen and oxygen atoms in total. The van der Waals surface area contributed by atoms with E-state index in [1.165, 1.54) is 31.4 Å². The maximum Gasteiger partial charge on any atom is 0.338 e. The first-order valence-electron chi connectivity index (χ1n) is 9.25. The van der Waals surface area contributed by atoms with E-state index in [0.717, 1.165) is 0 Å². The number of carboxylic acids is 1. The fraction of sp³-hybridized carbons (Fsp3) is 0.600. The number of aliphatic carboxylic acids is 1. The van der Waals surface area contributed by atoms with Crippen molar-refractivity contribution in [1.29, 1.82) is 0 Å². The van der Waals surface area contributed by atoms with Crippen molar-refractivity contribution in [3.8, 4) is 5.75 Å². The summed E-state index contributed by atoms with van der Waals surface area (Å²) in [6, 6.07) is 5.74. The first-order valence-corrected chi connectivity index (χ1v) is 9.25. The fourth-order valence-corrected chi connectivity index (χ4v) is 3.29. The smallest absolute Gasteiger partial charge is 0.338 e. The summed E-state index contributed by atoms with van der Waals surface area (Å²) in [4.78, 5) is 23.4. The zero-order chi connectivity index (χ0) is 20.9. The maximum absolute atomic E-state index is 14.3. The number of hydrogen-bond acceptors (Lipinski definition) is 6. The molecule has 1 atom stereocenters. The lowest BCUT2D eigenvalue weighted by atomic mass is 9.79. The van der Waals surface area contributed by atoms with E-state index in [-0.39, 0.29) is 24.3 Å². The van der Waals surface area contributed by atoms with Crippen LogP contribution in [-0.2, 0) is 14.3 Å². The minimum atomic E-state index is -4.27. The molecule has 2 rings (SSSR count). The summed E-state index contributed by atoms with van der Waals surface area (Å²) in [7, 11) is 1.51. The van der Waals surface area contributed by atoms with Crippen molar-refractivity contribution in [2.75, 3.05) is 7.11 Å². The van der Waals surface area contributed by atoms with Gasteiger partial charge in [0.05, 0.1) is 5.56 Å². The van der Waals surface area contributed by atoms with Gasteiger partial charge in [0.1, 0.15) is 11.7 Å². The van der Waals surface area contributed by atoms with Gasteiger partial charge in [-0.25, -0.2) is 4.79 Å². The van der Waals surface area contributed by atoms with Crippen LogP contribution in [0, 0.1) is 5.92 Å². The summed E-state index contributed by atoms with van der Waals surface area (Å²) in [5, 5.41) is 11.0. The molecule has 8 heteroatoms. The van der Waals surface area contributed by atoms with Crippen LogP contribution in [0.25, 0.3) is 0 Å². The van der Waals surface area contributed by atoms with Crippen LogP contribution in [0.2, 0.25) is 0 Å². The van der Waals surface area contributed by atoms with Gasteiger partial charge in [0.15, 0.2) is 5.60 Å². The average molecular weight is 399 g/mol. The summed E-state index contributed by atoms with van der Waals surface area (Å²) in [5.41, 5.74) is -2.38. The molecule has 1 aliphatic rings. The van der Waals surface area contributed by atoms with E-state index in [2.05, 4.69) is 0 Å².